The van der Waals surface area contributed by atoms with Gasteiger partial charge in [0.2, 0.25) is 5.91 Å². The smallest absolute Gasteiger partial charge is 0.243 e. The molecule has 0 saturated carbocycles. The number of hydrogen-bond donors (Lipinski definition) is 1. The number of hydrogen-bond acceptors (Lipinski definition) is 3. The van der Waals surface area contributed by atoms with Crippen LogP contribution in [-0.4, -0.2) is 32.7 Å². The van der Waals surface area contributed by atoms with Crippen LogP contribution in [0.1, 0.15) is 12.8 Å². The molecular weight excluding hydrogens is 235 g/mol. The Morgan fingerprint density at radius 3 is 2.61 bits per heavy atom. The Balaban J connectivity index is 2.57. The van der Waals surface area contributed by atoms with Crippen LogP contribution in [0.15, 0.2) is 24.3 Å². The molecule has 1 aromatic carbocycles. The molecule has 0 fully saturated rings. The molecule has 0 aromatic heterocycles. The summed E-state index contributed by atoms with van der Waals surface area (Å²) in [5.41, 5.74) is 6.43. The number of nitrogens with two attached hydrogens (primary N) is 1. The third-order valence-electron chi connectivity index (χ3n) is 2.73. The second kappa shape index (κ2) is 7.08. The van der Waals surface area contributed by atoms with Crippen molar-refractivity contribution in [1.29, 1.82) is 0 Å². The van der Waals surface area contributed by atoms with E-state index >= 15 is 0 Å². The van der Waals surface area contributed by atoms with E-state index in [9.17, 15) is 9.18 Å². The highest BCUT2D eigenvalue weighted by Gasteiger charge is 2.18. The van der Waals surface area contributed by atoms with Gasteiger partial charge in [-0.15, -0.1) is 0 Å². The molecule has 5 heteroatoms. The monoisotopic (exact) mass is 254 g/mol. The van der Waals surface area contributed by atoms with E-state index in [1.807, 2.05) is 0 Å². The van der Waals surface area contributed by atoms with Gasteiger partial charge in [-0.2, -0.15) is 0 Å². The van der Waals surface area contributed by atoms with Crippen molar-refractivity contribution in [1.82, 2.24) is 0 Å². The summed E-state index contributed by atoms with van der Waals surface area (Å²) >= 11 is 0. The maximum atomic E-state index is 12.8. The van der Waals surface area contributed by atoms with Crippen molar-refractivity contribution < 1.29 is 13.9 Å². The summed E-state index contributed by atoms with van der Waals surface area (Å²) in [6.45, 7) is 0.585. The quantitative estimate of drug-likeness (QED) is 0.783. The molecule has 0 aliphatic carbocycles. The first-order valence-corrected chi connectivity index (χ1v) is 5.84. The molecule has 0 spiro atoms. The Morgan fingerprint density at radius 1 is 1.44 bits per heavy atom. The summed E-state index contributed by atoms with van der Waals surface area (Å²) in [6, 6.07) is 5.17. The minimum Gasteiger partial charge on any atom is -0.385 e. The molecule has 0 aliphatic rings. The Bertz CT molecular complexity index is 381. The van der Waals surface area contributed by atoms with Crippen molar-refractivity contribution in [3.05, 3.63) is 30.1 Å². The molecule has 1 amide bonds. The lowest BCUT2D eigenvalue weighted by molar-refractivity contribution is -0.119. The number of rotatable bonds is 6. The normalized spacial score (nSPS) is 12.2. The Morgan fingerprint density at radius 2 is 2.06 bits per heavy atom. The maximum Gasteiger partial charge on any atom is 0.243 e. The molecule has 1 unspecified atom stereocenters. The lowest BCUT2D eigenvalue weighted by Crippen LogP contribution is -2.42. The van der Waals surface area contributed by atoms with Gasteiger partial charge >= 0.3 is 0 Å². The van der Waals surface area contributed by atoms with Crippen LogP contribution in [0.2, 0.25) is 0 Å². The van der Waals surface area contributed by atoms with E-state index in [1.165, 1.54) is 17.0 Å². The zero-order valence-corrected chi connectivity index (χ0v) is 10.7. The number of anilines is 1. The number of nitrogens with zero attached hydrogens (tertiary/aromatic N) is 1. The molecule has 0 saturated heterocycles. The number of likely N-dealkylation sites (N-methyl/N-ethyl adjacent to an activating group) is 1. The van der Waals surface area contributed by atoms with Crippen molar-refractivity contribution in [3.8, 4) is 0 Å². The van der Waals surface area contributed by atoms with Crippen LogP contribution in [-0.2, 0) is 9.53 Å². The van der Waals surface area contributed by atoms with Gasteiger partial charge in [-0.3, -0.25) is 4.79 Å². The first kappa shape index (κ1) is 14.6. The van der Waals surface area contributed by atoms with Gasteiger partial charge in [0.05, 0.1) is 6.04 Å². The van der Waals surface area contributed by atoms with E-state index in [4.69, 9.17) is 10.5 Å². The van der Waals surface area contributed by atoms with Gasteiger partial charge in [0, 0.05) is 26.5 Å². The lowest BCUT2D eigenvalue weighted by atomic mass is 10.1. The van der Waals surface area contributed by atoms with Crippen LogP contribution in [0.3, 0.4) is 0 Å². The summed E-state index contributed by atoms with van der Waals surface area (Å²) in [7, 11) is 3.24. The third-order valence-corrected chi connectivity index (χ3v) is 2.73. The molecule has 4 nitrogen and oxygen atoms in total. The molecule has 0 radical (unpaired) electrons. The van der Waals surface area contributed by atoms with Crippen LogP contribution in [0, 0.1) is 5.82 Å². The average molecular weight is 254 g/mol. The summed E-state index contributed by atoms with van der Waals surface area (Å²) in [6.07, 6.45) is 1.30. The van der Waals surface area contributed by atoms with Gasteiger partial charge in [0.25, 0.3) is 0 Å². The Labute approximate surface area is 107 Å². The number of carbonyl (C=O) groups is 1. The van der Waals surface area contributed by atoms with Gasteiger partial charge in [0.15, 0.2) is 0 Å². The van der Waals surface area contributed by atoms with Crippen molar-refractivity contribution in [2.45, 2.75) is 18.9 Å². The molecule has 1 atom stereocenters. The van der Waals surface area contributed by atoms with Crippen molar-refractivity contribution in [2.24, 2.45) is 5.73 Å². The zero-order valence-electron chi connectivity index (χ0n) is 10.7. The van der Waals surface area contributed by atoms with E-state index in [1.54, 1.807) is 26.3 Å². The van der Waals surface area contributed by atoms with Gasteiger partial charge in [0.1, 0.15) is 5.82 Å². The fraction of sp³-hybridized carbons (Fsp3) is 0.462. The van der Waals surface area contributed by atoms with E-state index in [0.717, 1.165) is 6.42 Å². The van der Waals surface area contributed by atoms with Gasteiger partial charge < -0.3 is 15.4 Å². The van der Waals surface area contributed by atoms with Crippen LogP contribution < -0.4 is 10.6 Å². The lowest BCUT2D eigenvalue weighted by Gasteiger charge is -2.21. The highest BCUT2D eigenvalue weighted by Crippen LogP contribution is 2.14. The van der Waals surface area contributed by atoms with Crippen molar-refractivity contribution in [3.63, 3.8) is 0 Å². The molecule has 100 valence electrons. The molecule has 2 N–H and O–H groups in total. The predicted octanol–water partition coefficient (Wildman–Crippen LogP) is 1.54. The Kier molecular flexibility index (Phi) is 5.74. The molecule has 0 bridgehead atoms. The SMILES string of the molecule is COCCCC(N)C(=O)N(C)c1ccc(F)cc1. The van der Waals surface area contributed by atoms with Crippen LogP contribution in [0.5, 0.6) is 0 Å². The molecular formula is C13H19FN2O2. The number of amides is 1. The highest BCUT2D eigenvalue weighted by molar-refractivity contribution is 5.96. The van der Waals surface area contributed by atoms with Crippen molar-refractivity contribution in [2.75, 3.05) is 25.7 Å². The van der Waals surface area contributed by atoms with Crippen LogP contribution in [0.25, 0.3) is 0 Å². The number of carbonyl (C=O) groups excluding carboxylic acids is 1. The third kappa shape index (κ3) is 4.09. The molecule has 1 rings (SSSR count). The van der Waals surface area contributed by atoms with E-state index < -0.39 is 6.04 Å². The molecule has 0 heterocycles. The highest BCUT2D eigenvalue weighted by atomic mass is 19.1. The largest absolute Gasteiger partial charge is 0.385 e. The number of benzene rings is 1. The van der Waals surface area contributed by atoms with E-state index in [2.05, 4.69) is 0 Å². The van der Waals surface area contributed by atoms with Gasteiger partial charge in [-0.25, -0.2) is 4.39 Å². The fourth-order valence-electron chi connectivity index (χ4n) is 1.61. The second-order valence-corrected chi connectivity index (χ2v) is 4.12. The summed E-state index contributed by atoms with van der Waals surface area (Å²) in [5, 5.41) is 0. The first-order chi connectivity index (χ1) is 8.56. The standard InChI is InChI=1S/C13H19FN2O2/c1-16(11-7-5-10(14)6-8-11)13(17)12(15)4-3-9-18-2/h5-8,12H,3-4,9,15H2,1-2H3. The number of methoxy groups -OCH3 is 1. The molecule has 1 aromatic rings. The first-order valence-electron chi connectivity index (χ1n) is 5.84. The second-order valence-electron chi connectivity index (χ2n) is 4.12. The van der Waals surface area contributed by atoms with Gasteiger partial charge in [-0.05, 0) is 37.1 Å². The summed E-state index contributed by atoms with van der Waals surface area (Å²) in [4.78, 5) is 13.4. The minimum absolute atomic E-state index is 0.183. The van der Waals surface area contributed by atoms with Gasteiger partial charge in [-0.1, -0.05) is 0 Å². The molecule has 18 heavy (non-hydrogen) atoms. The van der Waals surface area contributed by atoms with Crippen molar-refractivity contribution >= 4 is 11.6 Å². The predicted molar refractivity (Wildman–Crippen MR) is 68.9 cm³/mol. The van der Waals surface area contributed by atoms with E-state index in [-0.39, 0.29) is 11.7 Å². The topological polar surface area (TPSA) is 55.6 Å². The van der Waals surface area contributed by atoms with Crippen LogP contribution >= 0.6 is 0 Å². The Hall–Kier alpha value is -1.46. The number of ether oxygens (including phenoxy) is 1. The van der Waals surface area contributed by atoms with Crippen LogP contribution in [0.4, 0.5) is 10.1 Å². The molecule has 0 aliphatic heterocycles. The van der Waals surface area contributed by atoms with E-state index in [0.29, 0.717) is 18.7 Å². The maximum absolute atomic E-state index is 12.8. The fourth-order valence-corrected chi connectivity index (χ4v) is 1.61. The average Bonchev–Trinajstić information content (AvgIpc) is 2.38. The summed E-state index contributed by atoms with van der Waals surface area (Å²) in [5.74, 6) is -0.512. The number of halogens is 1. The zero-order chi connectivity index (χ0) is 13.5. The minimum atomic E-state index is -0.560. The summed E-state index contributed by atoms with van der Waals surface area (Å²) < 4.78 is 17.7.